The lowest BCUT2D eigenvalue weighted by atomic mass is 10.2. The lowest BCUT2D eigenvalue weighted by molar-refractivity contribution is -0.133. The number of hydrogen-bond donors (Lipinski definition) is 1. The van der Waals surface area contributed by atoms with E-state index in [1.807, 2.05) is 31.2 Å². The number of amides is 2. The largest absolute Gasteiger partial charge is 0.494 e. The van der Waals surface area contributed by atoms with E-state index in [0.717, 1.165) is 11.3 Å². The third-order valence-electron chi connectivity index (χ3n) is 3.50. The van der Waals surface area contributed by atoms with E-state index >= 15 is 0 Å². The van der Waals surface area contributed by atoms with Gasteiger partial charge in [-0.25, -0.2) is 0 Å². The van der Waals surface area contributed by atoms with Crippen LogP contribution >= 0.6 is 0 Å². The summed E-state index contributed by atoms with van der Waals surface area (Å²) in [4.78, 5) is 25.3. The number of nitrogens with zero attached hydrogens (tertiary/aromatic N) is 2. The van der Waals surface area contributed by atoms with E-state index in [9.17, 15) is 9.59 Å². The molecule has 0 atom stereocenters. The van der Waals surface area contributed by atoms with Crippen LogP contribution in [0.2, 0.25) is 0 Å². The Bertz CT molecular complexity index is 727. The van der Waals surface area contributed by atoms with Crippen LogP contribution in [0.3, 0.4) is 0 Å². The second-order valence-electron chi connectivity index (χ2n) is 5.89. The molecule has 0 saturated heterocycles. The zero-order valence-corrected chi connectivity index (χ0v) is 14.7. The Morgan fingerprint density at radius 2 is 2.08 bits per heavy atom. The molecule has 2 amide bonds. The van der Waals surface area contributed by atoms with Crippen molar-refractivity contribution in [3.8, 4) is 5.75 Å². The van der Waals surface area contributed by atoms with Gasteiger partial charge in [0.25, 0.3) is 0 Å². The Kier molecular flexibility index (Phi) is 6.56. The Hall–Kier alpha value is -2.83. The smallest absolute Gasteiger partial charge is 0.245 e. The van der Waals surface area contributed by atoms with Gasteiger partial charge in [0.1, 0.15) is 11.5 Å². The maximum atomic E-state index is 12.1. The monoisotopic (exact) mass is 345 g/mol. The molecule has 0 radical (unpaired) electrons. The molecule has 1 aromatic carbocycles. The van der Waals surface area contributed by atoms with Crippen molar-refractivity contribution in [2.45, 2.75) is 26.7 Å². The molecule has 0 aliphatic carbocycles. The predicted molar refractivity (Wildman–Crippen MR) is 93.4 cm³/mol. The third-order valence-corrected chi connectivity index (χ3v) is 3.50. The summed E-state index contributed by atoms with van der Waals surface area (Å²) in [5.74, 6) is 1.31. The minimum atomic E-state index is -0.319. The average Bonchev–Trinajstić information content (AvgIpc) is 2.96. The number of rotatable bonds is 8. The molecule has 0 bridgehead atoms. The van der Waals surface area contributed by atoms with E-state index in [-0.39, 0.29) is 18.4 Å². The van der Waals surface area contributed by atoms with Gasteiger partial charge >= 0.3 is 0 Å². The van der Waals surface area contributed by atoms with Gasteiger partial charge in [-0.3, -0.25) is 9.59 Å². The number of carbonyl (C=O) groups excluding carboxylic acids is 2. The summed E-state index contributed by atoms with van der Waals surface area (Å²) in [7, 11) is 1.59. The first-order chi connectivity index (χ1) is 11.9. The molecule has 1 aromatic heterocycles. The molecule has 7 nitrogen and oxygen atoms in total. The van der Waals surface area contributed by atoms with Crippen molar-refractivity contribution >= 4 is 17.6 Å². The minimum Gasteiger partial charge on any atom is -0.494 e. The summed E-state index contributed by atoms with van der Waals surface area (Å²) >= 11 is 0. The second-order valence-corrected chi connectivity index (χ2v) is 5.89. The topological polar surface area (TPSA) is 84.7 Å². The van der Waals surface area contributed by atoms with Crippen LogP contribution in [0, 0.1) is 13.8 Å². The predicted octanol–water partition coefficient (Wildman–Crippen LogP) is 2.55. The third kappa shape index (κ3) is 6.29. The summed E-state index contributed by atoms with van der Waals surface area (Å²) in [5.41, 5.74) is 1.13. The van der Waals surface area contributed by atoms with Gasteiger partial charge < -0.3 is 19.5 Å². The maximum Gasteiger partial charge on any atom is 0.245 e. The molecule has 2 rings (SSSR count). The summed E-state index contributed by atoms with van der Waals surface area (Å²) in [6.07, 6.45) is 0.903. The van der Waals surface area contributed by atoms with E-state index in [1.54, 1.807) is 20.0 Å². The highest BCUT2D eigenvalue weighted by Crippen LogP contribution is 2.13. The fourth-order valence-corrected chi connectivity index (χ4v) is 2.22. The van der Waals surface area contributed by atoms with E-state index in [4.69, 9.17) is 9.26 Å². The van der Waals surface area contributed by atoms with Gasteiger partial charge in [0.15, 0.2) is 5.82 Å². The average molecular weight is 345 g/mol. The number of hydrogen-bond acceptors (Lipinski definition) is 5. The number of carbonyl (C=O) groups is 2. The van der Waals surface area contributed by atoms with E-state index < -0.39 is 0 Å². The Balaban J connectivity index is 1.66. The number of likely N-dealkylation sites (N-methyl/N-ethyl adjacent to an activating group) is 1. The standard InChI is InChI=1S/C18H23N3O4/c1-13-6-4-7-15(10-13)24-9-5-8-18(23)21(3)12-17(22)19-16-11-14(2)25-20-16/h4,6-7,10-11H,5,8-9,12H2,1-3H3,(H,19,20,22). The normalized spacial score (nSPS) is 10.4. The molecule has 1 heterocycles. The summed E-state index contributed by atoms with van der Waals surface area (Å²) in [5, 5.41) is 6.26. The Morgan fingerprint density at radius 1 is 1.28 bits per heavy atom. The van der Waals surface area contributed by atoms with Crippen LogP contribution in [0.15, 0.2) is 34.9 Å². The van der Waals surface area contributed by atoms with Gasteiger partial charge in [-0.15, -0.1) is 0 Å². The highest BCUT2D eigenvalue weighted by atomic mass is 16.5. The molecule has 0 aliphatic rings. The first-order valence-corrected chi connectivity index (χ1v) is 8.10. The molecule has 1 N–H and O–H groups in total. The first kappa shape index (κ1) is 18.5. The second kappa shape index (κ2) is 8.86. The number of aryl methyl sites for hydroxylation is 2. The SMILES string of the molecule is Cc1cccc(OCCCC(=O)N(C)CC(=O)Nc2cc(C)on2)c1. The fraction of sp³-hybridized carbons (Fsp3) is 0.389. The van der Waals surface area contributed by atoms with Gasteiger partial charge in [-0.2, -0.15) is 0 Å². The van der Waals surface area contributed by atoms with Crippen molar-refractivity contribution in [1.82, 2.24) is 10.1 Å². The van der Waals surface area contributed by atoms with E-state index in [2.05, 4.69) is 10.5 Å². The van der Waals surface area contributed by atoms with Crippen molar-refractivity contribution in [2.75, 3.05) is 25.5 Å². The molecule has 0 spiro atoms. The van der Waals surface area contributed by atoms with E-state index in [0.29, 0.717) is 31.0 Å². The zero-order chi connectivity index (χ0) is 18.2. The molecule has 134 valence electrons. The van der Waals surface area contributed by atoms with Gasteiger partial charge in [0.2, 0.25) is 11.8 Å². The van der Waals surface area contributed by atoms with Crippen LogP contribution < -0.4 is 10.1 Å². The molecule has 25 heavy (non-hydrogen) atoms. The van der Waals surface area contributed by atoms with Crippen molar-refractivity contribution in [1.29, 1.82) is 0 Å². The van der Waals surface area contributed by atoms with Crippen LogP contribution in [0.25, 0.3) is 0 Å². The minimum absolute atomic E-state index is 0.0382. The Morgan fingerprint density at radius 3 is 2.76 bits per heavy atom. The van der Waals surface area contributed by atoms with Gasteiger partial charge in [0, 0.05) is 19.5 Å². The zero-order valence-electron chi connectivity index (χ0n) is 14.7. The summed E-state index contributed by atoms with van der Waals surface area (Å²) < 4.78 is 10.5. The summed E-state index contributed by atoms with van der Waals surface area (Å²) in [6, 6.07) is 9.37. The molecule has 0 unspecified atom stereocenters. The summed E-state index contributed by atoms with van der Waals surface area (Å²) in [6.45, 7) is 4.14. The lowest BCUT2D eigenvalue weighted by Crippen LogP contribution is -2.35. The molecular formula is C18H23N3O4. The van der Waals surface area contributed by atoms with Crippen LogP contribution in [-0.4, -0.2) is 42.1 Å². The van der Waals surface area contributed by atoms with Crippen LogP contribution in [0.1, 0.15) is 24.2 Å². The van der Waals surface area contributed by atoms with Gasteiger partial charge in [0.05, 0.1) is 13.2 Å². The highest BCUT2D eigenvalue weighted by Gasteiger charge is 2.14. The van der Waals surface area contributed by atoms with Crippen LogP contribution in [0.5, 0.6) is 5.75 Å². The molecule has 2 aromatic rings. The maximum absolute atomic E-state index is 12.1. The van der Waals surface area contributed by atoms with Crippen LogP contribution in [-0.2, 0) is 9.59 Å². The quantitative estimate of drug-likeness (QED) is 0.743. The number of ether oxygens (including phenoxy) is 1. The van der Waals surface area contributed by atoms with Gasteiger partial charge in [-0.05, 0) is 38.0 Å². The molecular weight excluding hydrogens is 322 g/mol. The first-order valence-electron chi connectivity index (χ1n) is 8.10. The fourth-order valence-electron chi connectivity index (χ4n) is 2.22. The van der Waals surface area contributed by atoms with Crippen molar-refractivity contribution < 1.29 is 18.8 Å². The Labute approximate surface area is 146 Å². The molecule has 0 aliphatic heterocycles. The van der Waals surface area contributed by atoms with Gasteiger partial charge in [-0.1, -0.05) is 17.3 Å². The number of aromatic nitrogens is 1. The van der Waals surface area contributed by atoms with Crippen molar-refractivity contribution in [3.63, 3.8) is 0 Å². The van der Waals surface area contributed by atoms with Crippen molar-refractivity contribution in [2.24, 2.45) is 0 Å². The number of benzene rings is 1. The molecule has 0 fully saturated rings. The van der Waals surface area contributed by atoms with Crippen LogP contribution in [0.4, 0.5) is 5.82 Å². The number of anilines is 1. The molecule has 7 heteroatoms. The number of nitrogens with one attached hydrogen (secondary N) is 1. The van der Waals surface area contributed by atoms with Crippen molar-refractivity contribution in [3.05, 3.63) is 41.7 Å². The highest BCUT2D eigenvalue weighted by molar-refractivity contribution is 5.93. The lowest BCUT2D eigenvalue weighted by Gasteiger charge is -2.16. The molecule has 0 saturated carbocycles. The van der Waals surface area contributed by atoms with E-state index in [1.165, 1.54) is 4.90 Å².